The summed E-state index contributed by atoms with van der Waals surface area (Å²) in [7, 11) is 1.51. The molecular formula is C10H12N2O4. The van der Waals surface area contributed by atoms with E-state index in [1.807, 2.05) is 0 Å². The molecule has 1 aromatic rings. The number of carbonyl (C=O) groups is 2. The van der Waals surface area contributed by atoms with Gasteiger partial charge in [-0.2, -0.15) is 0 Å². The predicted molar refractivity (Wildman–Crippen MR) is 54.9 cm³/mol. The van der Waals surface area contributed by atoms with Crippen molar-refractivity contribution in [2.45, 2.75) is 6.61 Å². The smallest absolute Gasteiger partial charge is 0.275 e. The average molecular weight is 224 g/mol. The first-order valence-corrected chi connectivity index (χ1v) is 4.46. The van der Waals surface area contributed by atoms with E-state index in [1.165, 1.54) is 24.7 Å². The number of methoxy groups -OCH3 is 1. The van der Waals surface area contributed by atoms with Crippen molar-refractivity contribution in [1.82, 2.24) is 5.48 Å². The van der Waals surface area contributed by atoms with Gasteiger partial charge in [-0.05, 0) is 17.7 Å². The maximum absolute atomic E-state index is 11.3. The Hall–Kier alpha value is -1.92. The molecule has 2 amide bonds. The van der Waals surface area contributed by atoms with Gasteiger partial charge in [0.15, 0.2) is 0 Å². The fourth-order valence-corrected chi connectivity index (χ4v) is 1.31. The van der Waals surface area contributed by atoms with Gasteiger partial charge in [0.25, 0.3) is 5.91 Å². The molecule has 0 heterocycles. The highest BCUT2D eigenvalue weighted by molar-refractivity contribution is 6.06. The SMILES string of the molecule is COCc1ccc(C(N)=O)c(C(=O)NO)c1. The monoisotopic (exact) mass is 224 g/mol. The fourth-order valence-electron chi connectivity index (χ4n) is 1.31. The van der Waals surface area contributed by atoms with E-state index in [2.05, 4.69) is 0 Å². The van der Waals surface area contributed by atoms with E-state index in [4.69, 9.17) is 15.7 Å². The maximum Gasteiger partial charge on any atom is 0.275 e. The first kappa shape index (κ1) is 12.2. The highest BCUT2D eigenvalue weighted by Crippen LogP contribution is 2.12. The summed E-state index contributed by atoms with van der Waals surface area (Å²) in [5.41, 5.74) is 7.32. The van der Waals surface area contributed by atoms with E-state index in [0.717, 1.165) is 0 Å². The van der Waals surface area contributed by atoms with Crippen LogP contribution in [0, 0.1) is 0 Å². The second kappa shape index (κ2) is 5.24. The van der Waals surface area contributed by atoms with Crippen molar-refractivity contribution in [3.63, 3.8) is 0 Å². The summed E-state index contributed by atoms with van der Waals surface area (Å²) in [4.78, 5) is 22.3. The molecule has 1 aromatic carbocycles. The van der Waals surface area contributed by atoms with Crippen LogP contribution in [0.25, 0.3) is 0 Å². The highest BCUT2D eigenvalue weighted by Gasteiger charge is 2.15. The summed E-state index contributed by atoms with van der Waals surface area (Å²) in [6.07, 6.45) is 0. The van der Waals surface area contributed by atoms with E-state index in [-0.39, 0.29) is 11.1 Å². The number of primary amides is 1. The molecule has 0 aliphatic rings. The molecule has 0 aliphatic heterocycles. The van der Waals surface area contributed by atoms with E-state index in [9.17, 15) is 9.59 Å². The summed E-state index contributed by atoms with van der Waals surface area (Å²) in [6, 6.07) is 4.48. The molecule has 0 saturated heterocycles. The number of nitrogens with two attached hydrogens (primary N) is 1. The summed E-state index contributed by atoms with van der Waals surface area (Å²) in [5, 5.41) is 8.53. The van der Waals surface area contributed by atoms with Gasteiger partial charge in [-0.25, -0.2) is 5.48 Å². The van der Waals surface area contributed by atoms with Crippen LogP contribution in [0.4, 0.5) is 0 Å². The van der Waals surface area contributed by atoms with Crippen LogP contribution in [0.15, 0.2) is 18.2 Å². The van der Waals surface area contributed by atoms with E-state index in [0.29, 0.717) is 12.2 Å². The average Bonchev–Trinajstić information content (AvgIpc) is 2.28. The van der Waals surface area contributed by atoms with Gasteiger partial charge in [-0.3, -0.25) is 14.8 Å². The standard InChI is InChI=1S/C10H12N2O4/c1-16-5-6-2-3-7(9(11)13)8(4-6)10(14)12-15/h2-4,15H,5H2,1H3,(H2,11,13)(H,12,14). The molecule has 6 heteroatoms. The summed E-state index contributed by atoms with van der Waals surface area (Å²) >= 11 is 0. The number of nitrogens with one attached hydrogen (secondary N) is 1. The molecular weight excluding hydrogens is 212 g/mol. The summed E-state index contributed by atoms with van der Waals surface area (Å²) < 4.78 is 4.89. The van der Waals surface area contributed by atoms with Crippen LogP contribution in [-0.4, -0.2) is 24.1 Å². The Bertz CT molecular complexity index is 417. The first-order valence-electron chi connectivity index (χ1n) is 4.46. The Morgan fingerprint density at radius 2 is 2.12 bits per heavy atom. The molecule has 0 fully saturated rings. The van der Waals surface area contributed by atoms with Gasteiger partial charge in [0.1, 0.15) is 0 Å². The van der Waals surface area contributed by atoms with Gasteiger partial charge < -0.3 is 10.5 Å². The second-order valence-electron chi connectivity index (χ2n) is 3.12. The Balaban J connectivity index is 3.21. The van der Waals surface area contributed by atoms with Gasteiger partial charge in [0.2, 0.25) is 5.91 Å². The quantitative estimate of drug-likeness (QED) is 0.496. The highest BCUT2D eigenvalue weighted by atomic mass is 16.5. The summed E-state index contributed by atoms with van der Waals surface area (Å²) in [6.45, 7) is 0.296. The third-order valence-electron chi connectivity index (χ3n) is 2.01. The zero-order valence-corrected chi connectivity index (χ0v) is 8.69. The van der Waals surface area contributed by atoms with Crippen LogP contribution in [0.1, 0.15) is 26.3 Å². The number of hydrogen-bond donors (Lipinski definition) is 3. The van der Waals surface area contributed by atoms with Crippen molar-refractivity contribution < 1.29 is 19.5 Å². The minimum atomic E-state index is -0.785. The van der Waals surface area contributed by atoms with Crippen molar-refractivity contribution >= 4 is 11.8 Å². The molecule has 0 atom stereocenters. The topological polar surface area (TPSA) is 102 Å². The van der Waals surface area contributed by atoms with Crippen LogP contribution in [0.2, 0.25) is 0 Å². The van der Waals surface area contributed by atoms with Crippen LogP contribution in [0.3, 0.4) is 0 Å². The van der Waals surface area contributed by atoms with Gasteiger partial charge in [0, 0.05) is 7.11 Å². The minimum absolute atomic E-state index is 0.0181. The molecule has 0 aromatic heterocycles. The van der Waals surface area contributed by atoms with Gasteiger partial charge >= 0.3 is 0 Å². The molecule has 86 valence electrons. The van der Waals surface area contributed by atoms with E-state index in [1.54, 1.807) is 6.07 Å². The number of amides is 2. The van der Waals surface area contributed by atoms with Crippen molar-refractivity contribution in [1.29, 1.82) is 0 Å². The predicted octanol–water partition coefficient (Wildman–Crippen LogP) is 0.0509. The molecule has 0 saturated carbocycles. The van der Waals surface area contributed by atoms with Crippen molar-refractivity contribution in [2.24, 2.45) is 5.73 Å². The lowest BCUT2D eigenvalue weighted by molar-refractivity contribution is 0.0702. The van der Waals surface area contributed by atoms with Crippen LogP contribution < -0.4 is 11.2 Å². The van der Waals surface area contributed by atoms with Crippen LogP contribution in [-0.2, 0) is 11.3 Å². The molecule has 4 N–H and O–H groups in total. The molecule has 0 bridgehead atoms. The number of hydroxylamine groups is 1. The number of benzene rings is 1. The molecule has 0 spiro atoms. The number of rotatable bonds is 4. The Kier molecular flexibility index (Phi) is 3.98. The van der Waals surface area contributed by atoms with E-state index >= 15 is 0 Å². The normalized spacial score (nSPS) is 9.88. The lowest BCUT2D eigenvalue weighted by Gasteiger charge is -2.07. The molecule has 0 unspecified atom stereocenters. The maximum atomic E-state index is 11.3. The van der Waals surface area contributed by atoms with Crippen LogP contribution >= 0.6 is 0 Å². The van der Waals surface area contributed by atoms with Crippen molar-refractivity contribution in [3.8, 4) is 0 Å². The third-order valence-corrected chi connectivity index (χ3v) is 2.01. The molecule has 6 nitrogen and oxygen atoms in total. The summed E-state index contributed by atoms with van der Waals surface area (Å²) in [5.74, 6) is -1.52. The lowest BCUT2D eigenvalue weighted by atomic mass is 10.0. The second-order valence-corrected chi connectivity index (χ2v) is 3.12. The Morgan fingerprint density at radius 3 is 2.62 bits per heavy atom. The zero-order valence-electron chi connectivity index (χ0n) is 8.69. The van der Waals surface area contributed by atoms with Crippen molar-refractivity contribution in [3.05, 3.63) is 34.9 Å². The largest absolute Gasteiger partial charge is 0.380 e. The first-order chi connectivity index (χ1) is 7.60. The van der Waals surface area contributed by atoms with Gasteiger partial charge in [-0.1, -0.05) is 6.07 Å². The van der Waals surface area contributed by atoms with Gasteiger partial charge in [-0.15, -0.1) is 0 Å². The van der Waals surface area contributed by atoms with Gasteiger partial charge in [0.05, 0.1) is 17.7 Å². The molecule has 1 rings (SSSR count). The Morgan fingerprint density at radius 1 is 1.44 bits per heavy atom. The molecule has 0 aliphatic carbocycles. The number of hydrogen-bond acceptors (Lipinski definition) is 4. The molecule has 16 heavy (non-hydrogen) atoms. The van der Waals surface area contributed by atoms with Crippen LogP contribution in [0.5, 0.6) is 0 Å². The number of ether oxygens (including phenoxy) is 1. The third kappa shape index (κ3) is 2.56. The van der Waals surface area contributed by atoms with Crippen molar-refractivity contribution in [2.75, 3.05) is 7.11 Å². The van der Waals surface area contributed by atoms with E-state index < -0.39 is 11.8 Å². The fraction of sp³-hybridized carbons (Fsp3) is 0.200. The Labute approximate surface area is 92.0 Å². The lowest BCUT2D eigenvalue weighted by Crippen LogP contribution is -2.24. The number of carbonyl (C=O) groups excluding carboxylic acids is 2. The zero-order chi connectivity index (χ0) is 12.1. The molecule has 0 radical (unpaired) electrons. The minimum Gasteiger partial charge on any atom is -0.380 e.